The first-order chi connectivity index (χ1) is 22.2. The van der Waals surface area contributed by atoms with E-state index >= 15 is 0 Å². The Morgan fingerprint density at radius 2 is 1.62 bits per heavy atom. The van der Waals surface area contributed by atoms with Crippen LogP contribution in [0.1, 0.15) is 77.5 Å². The first-order valence-corrected chi connectivity index (χ1v) is 19.7. The largest absolute Gasteiger partial charge is 0.491 e. The maximum atomic E-state index is 14.4. The van der Waals surface area contributed by atoms with E-state index in [0.717, 1.165) is 30.0 Å². The predicted molar refractivity (Wildman–Crippen MR) is 184 cm³/mol. The van der Waals surface area contributed by atoms with Gasteiger partial charge in [0.2, 0.25) is 0 Å². The lowest BCUT2D eigenvalue weighted by Gasteiger charge is -2.36. The SMILES string of the molecule is CC(C)(C)OC(=O)N1CCC(c2ccc(OCCO[Si](C)(C)C(C)(C)C)cc2)=C(C(=O)N(Cc2cccc(C(F)(F)F)c2Cl)C2CC2)C1. The number of rotatable bonds is 10. The lowest BCUT2D eigenvalue weighted by molar-refractivity contribution is -0.137. The fraction of sp³-hybridized carbons (Fsp3) is 0.556. The van der Waals surface area contributed by atoms with E-state index in [0.29, 0.717) is 37.5 Å². The van der Waals surface area contributed by atoms with E-state index in [-0.39, 0.29) is 35.6 Å². The van der Waals surface area contributed by atoms with Gasteiger partial charge in [-0.05, 0) is 93.1 Å². The highest BCUT2D eigenvalue weighted by Gasteiger charge is 2.40. The van der Waals surface area contributed by atoms with Gasteiger partial charge in [0.05, 0.1) is 23.7 Å². The highest BCUT2D eigenvalue weighted by Crippen LogP contribution is 2.40. The van der Waals surface area contributed by atoms with Crippen LogP contribution in [0.3, 0.4) is 0 Å². The quantitative estimate of drug-likeness (QED) is 0.182. The molecule has 7 nitrogen and oxygen atoms in total. The highest BCUT2D eigenvalue weighted by atomic mass is 35.5. The molecule has 4 rings (SSSR count). The summed E-state index contributed by atoms with van der Waals surface area (Å²) in [7, 11) is -1.89. The van der Waals surface area contributed by atoms with Crippen LogP contribution < -0.4 is 4.74 Å². The summed E-state index contributed by atoms with van der Waals surface area (Å²) >= 11 is 6.25. The highest BCUT2D eigenvalue weighted by molar-refractivity contribution is 6.74. The van der Waals surface area contributed by atoms with Crippen molar-refractivity contribution in [1.82, 2.24) is 9.80 Å². The zero-order valence-corrected chi connectivity index (χ0v) is 31.0. The average Bonchev–Trinajstić information content (AvgIpc) is 3.82. The lowest BCUT2D eigenvalue weighted by Crippen LogP contribution is -2.44. The smallest absolute Gasteiger partial charge is 0.417 e. The van der Waals surface area contributed by atoms with Gasteiger partial charge < -0.3 is 23.7 Å². The van der Waals surface area contributed by atoms with Crippen molar-refractivity contribution in [3.63, 3.8) is 0 Å². The second-order valence-corrected chi connectivity index (χ2v) is 20.2. The number of carbonyl (C=O) groups is 2. The topological polar surface area (TPSA) is 68.3 Å². The summed E-state index contributed by atoms with van der Waals surface area (Å²) in [4.78, 5) is 30.6. The fourth-order valence-electron chi connectivity index (χ4n) is 5.22. The summed E-state index contributed by atoms with van der Waals surface area (Å²) in [6.45, 7) is 17.4. The van der Waals surface area contributed by atoms with E-state index in [1.54, 1.807) is 25.7 Å². The molecule has 0 radical (unpaired) electrons. The standard InChI is InChI=1S/C36H48ClF3N2O5Si/c1-34(2,3)47-33(44)41-19-18-28(24-12-16-27(17-13-24)45-20-21-46-48(7,8)35(4,5)6)29(23-41)32(43)42(26-14-15-26)22-25-10-9-11-30(31(25)37)36(38,39)40/h9-13,16-17,26H,14-15,18-23H2,1-8H3. The van der Waals surface area contributed by atoms with Crippen LogP contribution in [0.15, 0.2) is 48.0 Å². The van der Waals surface area contributed by atoms with Crippen molar-refractivity contribution in [3.8, 4) is 5.75 Å². The Bertz CT molecular complexity index is 1510. The third kappa shape index (κ3) is 9.57. The summed E-state index contributed by atoms with van der Waals surface area (Å²) in [6.07, 6.45) is -3.31. The van der Waals surface area contributed by atoms with E-state index in [2.05, 4.69) is 33.9 Å². The zero-order valence-electron chi connectivity index (χ0n) is 29.2. The number of alkyl halides is 3. The second kappa shape index (κ2) is 14.4. The second-order valence-electron chi connectivity index (χ2n) is 15.0. The van der Waals surface area contributed by atoms with E-state index in [4.69, 9.17) is 25.5 Å². The van der Waals surface area contributed by atoms with Crippen molar-refractivity contribution >= 4 is 37.5 Å². The van der Waals surface area contributed by atoms with Crippen LogP contribution in [0, 0.1) is 0 Å². The Labute approximate surface area is 288 Å². The molecule has 0 N–H and O–H groups in total. The Balaban J connectivity index is 1.60. The Kier molecular flexibility index (Phi) is 11.4. The molecule has 1 heterocycles. The van der Waals surface area contributed by atoms with Gasteiger partial charge in [-0.3, -0.25) is 4.79 Å². The molecule has 2 aromatic carbocycles. The molecule has 264 valence electrons. The van der Waals surface area contributed by atoms with Crippen molar-refractivity contribution in [1.29, 1.82) is 0 Å². The number of hydrogen-bond donors (Lipinski definition) is 0. The van der Waals surface area contributed by atoms with Crippen molar-refractivity contribution in [2.45, 2.75) is 103 Å². The number of halogens is 4. The van der Waals surface area contributed by atoms with Crippen LogP contribution in [0.5, 0.6) is 5.75 Å². The van der Waals surface area contributed by atoms with E-state index in [1.165, 1.54) is 17.0 Å². The summed E-state index contributed by atoms with van der Waals surface area (Å²) in [6, 6.07) is 11.1. The van der Waals surface area contributed by atoms with Gasteiger partial charge >= 0.3 is 12.3 Å². The molecule has 1 aliphatic carbocycles. The maximum absolute atomic E-state index is 14.4. The molecule has 0 bridgehead atoms. The fourth-order valence-corrected chi connectivity index (χ4v) is 6.54. The summed E-state index contributed by atoms with van der Waals surface area (Å²) in [5.41, 5.74) is 0.531. The molecule has 2 aromatic rings. The summed E-state index contributed by atoms with van der Waals surface area (Å²) < 4.78 is 58.7. The third-order valence-corrected chi connectivity index (χ3v) is 14.0. The number of nitrogens with zero attached hydrogens (tertiary/aromatic N) is 2. The molecule has 2 amide bonds. The summed E-state index contributed by atoms with van der Waals surface area (Å²) in [5.74, 6) is 0.327. The molecule has 2 aliphatic rings. The van der Waals surface area contributed by atoms with Crippen LogP contribution in [0.2, 0.25) is 23.2 Å². The monoisotopic (exact) mass is 708 g/mol. The van der Waals surface area contributed by atoms with Gasteiger partial charge in [0.25, 0.3) is 5.91 Å². The molecular formula is C36H48ClF3N2O5Si. The Morgan fingerprint density at radius 3 is 2.19 bits per heavy atom. The molecule has 1 saturated carbocycles. The van der Waals surface area contributed by atoms with Crippen molar-refractivity contribution in [2.75, 3.05) is 26.3 Å². The first kappa shape index (κ1) is 37.8. The molecule has 48 heavy (non-hydrogen) atoms. The number of hydrogen-bond acceptors (Lipinski definition) is 5. The zero-order chi connectivity index (χ0) is 35.7. The van der Waals surface area contributed by atoms with E-state index in [1.807, 2.05) is 24.3 Å². The Morgan fingerprint density at radius 1 is 0.979 bits per heavy atom. The first-order valence-electron chi connectivity index (χ1n) is 16.4. The summed E-state index contributed by atoms with van der Waals surface area (Å²) in [5, 5.41) is -0.313. The van der Waals surface area contributed by atoms with Crippen molar-refractivity contribution < 1.29 is 36.7 Å². The van der Waals surface area contributed by atoms with Gasteiger partial charge in [-0.1, -0.05) is 56.6 Å². The maximum Gasteiger partial charge on any atom is 0.417 e. The van der Waals surface area contributed by atoms with E-state index < -0.39 is 36.8 Å². The molecule has 0 aromatic heterocycles. The number of ether oxygens (including phenoxy) is 2. The predicted octanol–water partition coefficient (Wildman–Crippen LogP) is 9.35. The molecule has 12 heteroatoms. The third-order valence-electron chi connectivity index (χ3n) is 9.05. The number of carbonyl (C=O) groups excluding carboxylic acids is 2. The van der Waals surface area contributed by atoms with Crippen LogP contribution in [-0.4, -0.2) is 68.1 Å². The van der Waals surface area contributed by atoms with Crippen LogP contribution in [0.25, 0.3) is 5.57 Å². The minimum absolute atomic E-state index is 0.00562. The molecule has 1 aliphatic heterocycles. The van der Waals surface area contributed by atoms with Crippen LogP contribution >= 0.6 is 11.6 Å². The van der Waals surface area contributed by atoms with Gasteiger partial charge in [-0.25, -0.2) is 4.79 Å². The van der Waals surface area contributed by atoms with Crippen molar-refractivity contribution in [2.24, 2.45) is 0 Å². The van der Waals surface area contributed by atoms with Gasteiger partial charge in [0, 0.05) is 24.7 Å². The molecule has 0 unspecified atom stereocenters. The molecular weight excluding hydrogens is 661 g/mol. The van der Waals surface area contributed by atoms with Gasteiger partial charge in [0.15, 0.2) is 8.32 Å². The lowest BCUT2D eigenvalue weighted by atomic mass is 9.92. The molecule has 0 atom stereocenters. The number of benzene rings is 2. The minimum atomic E-state index is -4.62. The van der Waals surface area contributed by atoms with Crippen molar-refractivity contribution in [3.05, 3.63) is 69.8 Å². The molecule has 0 spiro atoms. The molecule has 0 saturated heterocycles. The van der Waals surface area contributed by atoms with Gasteiger partial charge in [0.1, 0.15) is 18.0 Å². The van der Waals surface area contributed by atoms with Gasteiger partial charge in [-0.2, -0.15) is 13.2 Å². The average molecular weight is 709 g/mol. The van der Waals surface area contributed by atoms with Gasteiger partial charge in [-0.15, -0.1) is 0 Å². The van der Waals surface area contributed by atoms with Crippen LogP contribution in [-0.2, 0) is 26.7 Å². The number of amides is 2. The normalized spacial score (nSPS) is 16.2. The van der Waals surface area contributed by atoms with E-state index in [9.17, 15) is 22.8 Å². The molecule has 1 fully saturated rings. The minimum Gasteiger partial charge on any atom is -0.491 e. The Hall–Kier alpha value is -3.02. The van der Waals surface area contributed by atoms with Crippen LogP contribution in [0.4, 0.5) is 18.0 Å².